The molecule has 21 heavy (non-hydrogen) atoms. The first-order chi connectivity index (χ1) is 9.94. The zero-order valence-corrected chi connectivity index (χ0v) is 14.2. The van der Waals surface area contributed by atoms with Gasteiger partial charge in [0.2, 0.25) is 0 Å². The Balaban J connectivity index is 2.40. The summed E-state index contributed by atoms with van der Waals surface area (Å²) in [5, 5.41) is 0. The summed E-state index contributed by atoms with van der Waals surface area (Å²) in [7, 11) is -3.67. The van der Waals surface area contributed by atoms with Crippen LogP contribution in [0.1, 0.15) is 12.5 Å². The van der Waals surface area contributed by atoms with Gasteiger partial charge in [-0.3, -0.25) is 4.72 Å². The predicted octanol–water partition coefficient (Wildman–Crippen LogP) is 3.96. The van der Waals surface area contributed by atoms with Crippen LogP contribution < -0.4 is 9.46 Å². The van der Waals surface area contributed by atoms with Gasteiger partial charge < -0.3 is 4.74 Å². The molecule has 1 N–H and O–H groups in total. The second-order valence-electron chi connectivity index (χ2n) is 4.47. The lowest BCUT2D eigenvalue weighted by atomic mass is 10.2. The fourth-order valence-corrected chi connectivity index (χ4v) is 3.93. The molecule has 0 aromatic heterocycles. The first kappa shape index (κ1) is 15.9. The number of aryl methyl sites for hydroxylation is 1. The summed E-state index contributed by atoms with van der Waals surface area (Å²) < 4.78 is 33.5. The molecule has 112 valence electrons. The van der Waals surface area contributed by atoms with Crippen molar-refractivity contribution in [3.63, 3.8) is 0 Å². The van der Waals surface area contributed by atoms with E-state index in [0.717, 1.165) is 5.56 Å². The molecule has 0 spiro atoms. The molecule has 0 unspecified atom stereocenters. The van der Waals surface area contributed by atoms with Crippen LogP contribution >= 0.6 is 15.9 Å². The molecule has 0 radical (unpaired) electrons. The molecule has 0 bridgehead atoms. The van der Waals surface area contributed by atoms with E-state index >= 15 is 0 Å². The molecule has 0 aliphatic heterocycles. The van der Waals surface area contributed by atoms with Gasteiger partial charge in [-0.05, 0) is 59.6 Å². The lowest BCUT2D eigenvalue weighted by molar-refractivity contribution is 0.342. The van der Waals surface area contributed by atoms with Gasteiger partial charge in [0.25, 0.3) is 10.0 Å². The van der Waals surface area contributed by atoms with Crippen LogP contribution in [0.15, 0.2) is 51.8 Å². The Kier molecular flexibility index (Phi) is 4.90. The molecule has 0 atom stereocenters. The third-order valence-corrected chi connectivity index (χ3v) is 5.19. The Bertz CT molecular complexity index is 744. The van der Waals surface area contributed by atoms with Crippen molar-refractivity contribution in [1.82, 2.24) is 0 Å². The molecule has 0 fully saturated rings. The van der Waals surface area contributed by atoms with Crippen LogP contribution in [-0.4, -0.2) is 15.0 Å². The van der Waals surface area contributed by atoms with Crippen LogP contribution in [0, 0.1) is 6.92 Å². The van der Waals surface area contributed by atoms with Crippen LogP contribution in [-0.2, 0) is 10.0 Å². The number of rotatable bonds is 5. The molecule has 0 aliphatic rings. The van der Waals surface area contributed by atoms with Crippen molar-refractivity contribution < 1.29 is 13.2 Å². The van der Waals surface area contributed by atoms with Gasteiger partial charge in [0, 0.05) is 4.47 Å². The molecule has 0 amide bonds. The first-order valence-electron chi connectivity index (χ1n) is 6.45. The van der Waals surface area contributed by atoms with Crippen molar-refractivity contribution >= 4 is 31.6 Å². The molecule has 2 aromatic rings. The predicted molar refractivity (Wildman–Crippen MR) is 87.3 cm³/mol. The Morgan fingerprint density at radius 2 is 1.90 bits per heavy atom. The third kappa shape index (κ3) is 3.77. The van der Waals surface area contributed by atoms with Crippen molar-refractivity contribution in [3.05, 3.63) is 52.5 Å². The third-order valence-electron chi connectivity index (χ3n) is 2.81. The van der Waals surface area contributed by atoms with Crippen molar-refractivity contribution in [1.29, 1.82) is 0 Å². The van der Waals surface area contributed by atoms with Crippen LogP contribution in [0.4, 0.5) is 5.69 Å². The van der Waals surface area contributed by atoms with Crippen molar-refractivity contribution in [3.8, 4) is 5.75 Å². The van der Waals surface area contributed by atoms with E-state index in [1.807, 2.05) is 19.9 Å². The Hall–Kier alpha value is -1.53. The number of hydrogen-bond acceptors (Lipinski definition) is 3. The highest BCUT2D eigenvalue weighted by Gasteiger charge is 2.19. The molecule has 2 rings (SSSR count). The number of nitrogens with one attached hydrogen (secondary N) is 1. The minimum atomic E-state index is -3.67. The van der Waals surface area contributed by atoms with Crippen molar-refractivity contribution in [2.45, 2.75) is 18.7 Å². The Morgan fingerprint density at radius 3 is 2.57 bits per heavy atom. The largest absolute Gasteiger partial charge is 0.492 e. The Morgan fingerprint density at radius 1 is 1.19 bits per heavy atom. The van der Waals surface area contributed by atoms with Gasteiger partial charge in [-0.2, -0.15) is 0 Å². The highest BCUT2D eigenvalue weighted by Crippen LogP contribution is 2.30. The average molecular weight is 370 g/mol. The average Bonchev–Trinajstić information content (AvgIpc) is 2.42. The van der Waals surface area contributed by atoms with Gasteiger partial charge >= 0.3 is 0 Å². The zero-order chi connectivity index (χ0) is 15.5. The molecule has 6 heteroatoms. The molecular formula is C15H16BrNO3S. The van der Waals surface area contributed by atoms with Gasteiger partial charge in [0.15, 0.2) is 0 Å². The van der Waals surface area contributed by atoms with Gasteiger partial charge in [-0.1, -0.05) is 18.2 Å². The van der Waals surface area contributed by atoms with E-state index in [2.05, 4.69) is 20.7 Å². The standard InChI is InChI=1S/C15H16BrNO3S/c1-3-20-14-10-11(2)8-9-13(14)17-21(18,19)15-7-5-4-6-12(15)16/h4-10,17H,3H2,1-2H3. The van der Waals surface area contributed by atoms with E-state index in [4.69, 9.17) is 4.74 Å². The minimum Gasteiger partial charge on any atom is -0.492 e. The maximum absolute atomic E-state index is 12.5. The Labute approximate surface area is 133 Å². The van der Waals surface area contributed by atoms with Crippen molar-refractivity contribution in [2.75, 3.05) is 11.3 Å². The summed E-state index contributed by atoms with van der Waals surface area (Å²) in [6, 6.07) is 12.0. The summed E-state index contributed by atoms with van der Waals surface area (Å²) >= 11 is 3.26. The van der Waals surface area contributed by atoms with Gasteiger partial charge in [0.1, 0.15) is 10.6 Å². The lowest BCUT2D eigenvalue weighted by Gasteiger charge is -2.14. The number of anilines is 1. The topological polar surface area (TPSA) is 55.4 Å². The van der Waals surface area contributed by atoms with Crippen molar-refractivity contribution in [2.24, 2.45) is 0 Å². The van der Waals surface area contributed by atoms with Crippen LogP contribution in [0.5, 0.6) is 5.75 Å². The number of ether oxygens (including phenoxy) is 1. The summed E-state index contributed by atoms with van der Waals surface area (Å²) in [4.78, 5) is 0.188. The van der Waals surface area contributed by atoms with Crippen LogP contribution in [0.3, 0.4) is 0 Å². The SMILES string of the molecule is CCOc1cc(C)ccc1NS(=O)(=O)c1ccccc1Br. The molecule has 2 aromatic carbocycles. The summed E-state index contributed by atoms with van der Waals surface area (Å²) in [6.07, 6.45) is 0. The number of benzene rings is 2. The van der Waals surface area contributed by atoms with E-state index in [1.54, 1.807) is 36.4 Å². The van der Waals surface area contributed by atoms with Gasteiger partial charge in [-0.15, -0.1) is 0 Å². The normalized spacial score (nSPS) is 11.2. The maximum Gasteiger partial charge on any atom is 0.263 e. The summed E-state index contributed by atoms with van der Waals surface area (Å²) in [6.45, 7) is 4.25. The summed E-state index contributed by atoms with van der Waals surface area (Å²) in [5.41, 5.74) is 1.43. The maximum atomic E-state index is 12.5. The molecule has 0 saturated carbocycles. The second-order valence-corrected chi connectivity index (χ2v) is 6.97. The van der Waals surface area contributed by atoms with Gasteiger partial charge in [0.05, 0.1) is 12.3 Å². The monoisotopic (exact) mass is 369 g/mol. The van der Waals surface area contributed by atoms with E-state index in [-0.39, 0.29) is 4.90 Å². The smallest absolute Gasteiger partial charge is 0.263 e. The van der Waals surface area contributed by atoms with E-state index in [1.165, 1.54) is 0 Å². The van der Waals surface area contributed by atoms with Crippen LogP contribution in [0.2, 0.25) is 0 Å². The fraction of sp³-hybridized carbons (Fsp3) is 0.200. The summed E-state index contributed by atoms with van der Waals surface area (Å²) in [5.74, 6) is 0.521. The molecule has 4 nitrogen and oxygen atoms in total. The zero-order valence-electron chi connectivity index (χ0n) is 11.8. The van der Waals surface area contributed by atoms with Gasteiger partial charge in [-0.25, -0.2) is 8.42 Å². The second kappa shape index (κ2) is 6.49. The minimum absolute atomic E-state index is 0.188. The first-order valence-corrected chi connectivity index (χ1v) is 8.72. The van der Waals surface area contributed by atoms with Crippen LogP contribution in [0.25, 0.3) is 0 Å². The van der Waals surface area contributed by atoms with E-state index in [0.29, 0.717) is 22.5 Å². The lowest BCUT2D eigenvalue weighted by Crippen LogP contribution is -2.14. The quantitative estimate of drug-likeness (QED) is 0.867. The van der Waals surface area contributed by atoms with E-state index < -0.39 is 10.0 Å². The molecule has 0 saturated heterocycles. The number of halogens is 1. The molecular weight excluding hydrogens is 354 g/mol. The highest BCUT2D eigenvalue weighted by atomic mass is 79.9. The number of hydrogen-bond donors (Lipinski definition) is 1. The highest BCUT2D eigenvalue weighted by molar-refractivity contribution is 9.10. The molecule has 0 aliphatic carbocycles. The van der Waals surface area contributed by atoms with E-state index in [9.17, 15) is 8.42 Å². The fourth-order valence-electron chi connectivity index (χ4n) is 1.85. The number of sulfonamides is 1. The molecule has 0 heterocycles.